The molecular weight excluding hydrogens is 278 g/mol. The smallest absolute Gasteiger partial charge is 0.225 e. The van der Waals surface area contributed by atoms with E-state index in [1.807, 2.05) is 0 Å². The Labute approximate surface area is 133 Å². The largest absolute Gasteiger partial charge is 0.381 e. The van der Waals surface area contributed by atoms with Crippen LogP contribution >= 0.6 is 0 Å². The SMILES string of the molecule is N#C[C@H](NC(=O)[C@H]1CCN(C2CCCCC2)C1)[C@@H]1CCOC1. The molecule has 1 aliphatic carbocycles. The minimum absolute atomic E-state index is 0.0556. The van der Waals surface area contributed by atoms with Crippen LogP contribution in [0.3, 0.4) is 0 Å². The number of carbonyl (C=O) groups excluding carboxylic acids is 1. The third-order valence-electron chi connectivity index (χ3n) is 5.55. The molecule has 5 nitrogen and oxygen atoms in total. The Kier molecular flexibility index (Phi) is 5.32. The van der Waals surface area contributed by atoms with Gasteiger partial charge in [0, 0.05) is 25.1 Å². The van der Waals surface area contributed by atoms with Gasteiger partial charge in [-0.15, -0.1) is 0 Å². The molecule has 122 valence electrons. The Bertz CT molecular complexity index is 422. The van der Waals surface area contributed by atoms with E-state index < -0.39 is 6.04 Å². The van der Waals surface area contributed by atoms with E-state index in [0.29, 0.717) is 19.3 Å². The molecule has 3 aliphatic rings. The molecule has 1 saturated carbocycles. The number of ether oxygens (including phenoxy) is 1. The lowest BCUT2D eigenvalue weighted by Gasteiger charge is -2.31. The molecule has 2 aliphatic heterocycles. The number of rotatable bonds is 4. The van der Waals surface area contributed by atoms with E-state index in [1.165, 1.54) is 32.1 Å². The second kappa shape index (κ2) is 7.43. The van der Waals surface area contributed by atoms with Crippen molar-refractivity contribution in [2.75, 3.05) is 26.3 Å². The summed E-state index contributed by atoms with van der Waals surface area (Å²) in [4.78, 5) is 15.0. The Morgan fingerprint density at radius 2 is 2.05 bits per heavy atom. The molecule has 0 unspecified atom stereocenters. The van der Waals surface area contributed by atoms with Crippen molar-refractivity contribution in [2.24, 2.45) is 11.8 Å². The summed E-state index contributed by atoms with van der Waals surface area (Å²) in [5, 5.41) is 12.3. The number of carbonyl (C=O) groups is 1. The molecule has 3 rings (SSSR count). The molecule has 0 aromatic rings. The second-order valence-corrected chi connectivity index (χ2v) is 7.01. The van der Waals surface area contributed by atoms with E-state index >= 15 is 0 Å². The summed E-state index contributed by atoms with van der Waals surface area (Å²) in [5.74, 6) is 0.279. The lowest BCUT2D eigenvalue weighted by atomic mass is 9.94. The highest BCUT2D eigenvalue weighted by atomic mass is 16.5. The second-order valence-electron chi connectivity index (χ2n) is 7.01. The summed E-state index contributed by atoms with van der Waals surface area (Å²) in [6.07, 6.45) is 8.40. The van der Waals surface area contributed by atoms with Crippen molar-refractivity contribution in [1.82, 2.24) is 10.2 Å². The van der Waals surface area contributed by atoms with Gasteiger partial charge in [-0.3, -0.25) is 9.69 Å². The summed E-state index contributed by atoms with van der Waals surface area (Å²) < 4.78 is 5.33. The Balaban J connectivity index is 1.49. The molecule has 1 N–H and O–H groups in total. The van der Waals surface area contributed by atoms with Gasteiger partial charge in [0.2, 0.25) is 5.91 Å². The molecule has 2 heterocycles. The van der Waals surface area contributed by atoms with Crippen LogP contribution in [0.15, 0.2) is 0 Å². The molecular formula is C17H27N3O2. The van der Waals surface area contributed by atoms with Crippen molar-refractivity contribution in [3.05, 3.63) is 0 Å². The fraction of sp³-hybridized carbons (Fsp3) is 0.882. The summed E-state index contributed by atoms with van der Waals surface area (Å²) >= 11 is 0. The molecule has 0 spiro atoms. The van der Waals surface area contributed by atoms with Gasteiger partial charge in [0.25, 0.3) is 0 Å². The van der Waals surface area contributed by atoms with Crippen LogP contribution in [0, 0.1) is 23.2 Å². The van der Waals surface area contributed by atoms with Gasteiger partial charge >= 0.3 is 0 Å². The maximum absolute atomic E-state index is 12.5. The van der Waals surface area contributed by atoms with Crippen LogP contribution in [0.4, 0.5) is 0 Å². The van der Waals surface area contributed by atoms with Gasteiger partial charge in [-0.1, -0.05) is 19.3 Å². The zero-order chi connectivity index (χ0) is 15.4. The average molecular weight is 305 g/mol. The van der Waals surface area contributed by atoms with E-state index in [1.54, 1.807) is 0 Å². The first kappa shape index (κ1) is 15.8. The molecule has 0 aromatic carbocycles. The molecule has 1 amide bonds. The predicted octanol–water partition coefficient (Wildman–Crippen LogP) is 1.69. The average Bonchev–Trinajstić information content (AvgIpc) is 3.24. The molecule has 0 radical (unpaired) electrons. The third kappa shape index (κ3) is 3.61. The number of hydrogen-bond donors (Lipinski definition) is 1. The summed E-state index contributed by atoms with van der Waals surface area (Å²) in [6, 6.07) is 2.54. The molecule has 5 heteroatoms. The minimum atomic E-state index is -0.390. The number of amides is 1. The highest BCUT2D eigenvalue weighted by molar-refractivity contribution is 5.79. The standard InChI is InChI=1S/C17H27N3O2/c18-10-16(14-7-9-22-12-14)19-17(21)13-6-8-20(11-13)15-4-2-1-3-5-15/h13-16H,1-9,11-12H2,(H,19,21)/t13-,14+,16-/m0/s1. The third-order valence-corrected chi connectivity index (χ3v) is 5.55. The van der Waals surface area contributed by atoms with Crippen molar-refractivity contribution in [1.29, 1.82) is 5.26 Å². The lowest BCUT2D eigenvalue weighted by molar-refractivity contribution is -0.125. The van der Waals surface area contributed by atoms with Gasteiger partial charge in [-0.2, -0.15) is 5.26 Å². The normalized spacial score (nSPS) is 31.8. The monoisotopic (exact) mass is 305 g/mol. The quantitative estimate of drug-likeness (QED) is 0.858. The van der Waals surface area contributed by atoms with Crippen molar-refractivity contribution >= 4 is 5.91 Å². The van der Waals surface area contributed by atoms with E-state index in [4.69, 9.17) is 4.74 Å². The van der Waals surface area contributed by atoms with E-state index in [2.05, 4.69) is 16.3 Å². The van der Waals surface area contributed by atoms with E-state index in [9.17, 15) is 10.1 Å². The zero-order valence-corrected chi connectivity index (χ0v) is 13.3. The fourth-order valence-corrected chi connectivity index (χ4v) is 4.12. The molecule has 2 saturated heterocycles. The highest BCUT2D eigenvalue weighted by Gasteiger charge is 2.35. The molecule has 0 aromatic heterocycles. The maximum atomic E-state index is 12.5. The molecule has 0 bridgehead atoms. The number of nitrogens with one attached hydrogen (secondary N) is 1. The summed E-state index contributed by atoms with van der Waals surface area (Å²) in [5.41, 5.74) is 0. The van der Waals surface area contributed by atoms with Crippen molar-refractivity contribution in [2.45, 2.75) is 57.0 Å². The van der Waals surface area contributed by atoms with Crippen LogP contribution in [0.2, 0.25) is 0 Å². The van der Waals surface area contributed by atoms with Gasteiger partial charge < -0.3 is 10.1 Å². The predicted molar refractivity (Wildman–Crippen MR) is 83.0 cm³/mol. The molecule has 3 fully saturated rings. The van der Waals surface area contributed by atoms with Crippen LogP contribution in [0.1, 0.15) is 44.9 Å². The first-order valence-electron chi connectivity index (χ1n) is 8.79. The highest BCUT2D eigenvalue weighted by Crippen LogP contribution is 2.28. The van der Waals surface area contributed by atoms with Crippen molar-refractivity contribution in [3.63, 3.8) is 0 Å². The number of nitriles is 1. The first-order chi connectivity index (χ1) is 10.8. The molecule has 22 heavy (non-hydrogen) atoms. The van der Waals surface area contributed by atoms with Gasteiger partial charge in [-0.25, -0.2) is 0 Å². The van der Waals surface area contributed by atoms with Gasteiger partial charge in [0.05, 0.1) is 18.6 Å². The van der Waals surface area contributed by atoms with Crippen LogP contribution < -0.4 is 5.32 Å². The Morgan fingerprint density at radius 1 is 1.23 bits per heavy atom. The van der Waals surface area contributed by atoms with E-state index in [0.717, 1.165) is 25.9 Å². The Morgan fingerprint density at radius 3 is 2.73 bits per heavy atom. The lowest BCUT2D eigenvalue weighted by Crippen LogP contribution is -2.44. The summed E-state index contributed by atoms with van der Waals surface area (Å²) in [7, 11) is 0. The molecule has 3 atom stereocenters. The number of hydrogen-bond acceptors (Lipinski definition) is 4. The first-order valence-corrected chi connectivity index (χ1v) is 8.79. The van der Waals surface area contributed by atoms with Crippen LogP contribution in [0.5, 0.6) is 0 Å². The number of likely N-dealkylation sites (tertiary alicyclic amines) is 1. The van der Waals surface area contributed by atoms with Crippen LogP contribution in [-0.2, 0) is 9.53 Å². The van der Waals surface area contributed by atoms with Gasteiger partial charge in [-0.05, 0) is 32.2 Å². The maximum Gasteiger partial charge on any atom is 0.225 e. The minimum Gasteiger partial charge on any atom is -0.381 e. The van der Waals surface area contributed by atoms with Crippen LogP contribution in [-0.4, -0.2) is 49.2 Å². The zero-order valence-electron chi connectivity index (χ0n) is 13.3. The van der Waals surface area contributed by atoms with Crippen molar-refractivity contribution in [3.8, 4) is 6.07 Å². The Hall–Kier alpha value is -1.12. The topological polar surface area (TPSA) is 65.4 Å². The van der Waals surface area contributed by atoms with Gasteiger partial charge in [0.1, 0.15) is 6.04 Å². The summed E-state index contributed by atoms with van der Waals surface area (Å²) in [6.45, 7) is 3.21. The van der Waals surface area contributed by atoms with Gasteiger partial charge in [0.15, 0.2) is 0 Å². The van der Waals surface area contributed by atoms with Crippen molar-refractivity contribution < 1.29 is 9.53 Å². The number of nitrogens with zero attached hydrogens (tertiary/aromatic N) is 2. The van der Waals surface area contributed by atoms with Crippen LogP contribution in [0.25, 0.3) is 0 Å². The fourth-order valence-electron chi connectivity index (χ4n) is 4.12. The van der Waals surface area contributed by atoms with E-state index in [-0.39, 0.29) is 17.7 Å².